The number of nitrogens with zero attached hydrogens (tertiary/aromatic N) is 2. The SMILES string of the molecule is Cc1cccc2nc(N)n(C3CCSC3)c12. The fourth-order valence-corrected chi connectivity index (χ4v) is 3.63. The van der Waals surface area contributed by atoms with E-state index in [1.54, 1.807) is 0 Å². The number of benzene rings is 1. The summed E-state index contributed by atoms with van der Waals surface area (Å²) in [5.41, 5.74) is 9.55. The van der Waals surface area contributed by atoms with Crippen molar-refractivity contribution in [2.75, 3.05) is 17.2 Å². The van der Waals surface area contributed by atoms with Crippen molar-refractivity contribution in [3.05, 3.63) is 23.8 Å². The molecule has 1 atom stereocenters. The number of para-hydroxylation sites is 1. The van der Waals surface area contributed by atoms with Gasteiger partial charge in [-0.2, -0.15) is 11.8 Å². The fourth-order valence-electron chi connectivity index (χ4n) is 2.43. The molecular weight excluding hydrogens is 218 g/mol. The third-order valence-corrected chi connectivity index (χ3v) is 4.35. The zero-order valence-electron chi connectivity index (χ0n) is 9.31. The molecule has 3 rings (SSSR count). The zero-order valence-corrected chi connectivity index (χ0v) is 10.1. The Bertz CT molecular complexity index is 526. The molecule has 1 aliphatic rings. The van der Waals surface area contributed by atoms with Crippen LogP contribution >= 0.6 is 11.8 Å². The summed E-state index contributed by atoms with van der Waals surface area (Å²) in [5.74, 6) is 3.05. The highest BCUT2D eigenvalue weighted by Crippen LogP contribution is 2.33. The summed E-state index contributed by atoms with van der Waals surface area (Å²) in [6.07, 6.45) is 1.20. The fraction of sp³-hybridized carbons (Fsp3) is 0.417. The predicted molar refractivity (Wildman–Crippen MR) is 69.9 cm³/mol. The Morgan fingerprint density at radius 2 is 2.38 bits per heavy atom. The van der Waals surface area contributed by atoms with E-state index < -0.39 is 0 Å². The molecule has 0 spiro atoms. The number of rotatable bonds is 1. The minimum Gasteiger partial charge on any atom is -0.369 e. The Kier molecular flexibility index (Phi) is 2.32. The van der Waals surface area contributed by atoms with Crippen LogP contribution in [0.15, 0.2) is 18.2 Å². The molecule has 0 amide bonds. The van der Waals surface area contributed by atoms with Crippen LogP contribution in [0.25, 0.3) is 11.0 Å². The summed E-state index contributed by atoms with van der Waals surface area (Å²) in [6, 6.07) is 6.73. The van der Waals surface area contributed by atoms with Crippen LogP contribution in [0.4, 0.5) is 5.95 Å². The van der Waals surface area contributed by atoms with Crippen LogP contribution < -0.4 is 5.73 Å². The normalized spacial score (nSPS) is 20.7. The van der Waals surface area contributed by atoms with E-state index in [2.05, 4.69) is 22.5 Å². The Morgan fingerprint density at radius 3 is 3.12 bits per heavy atom. The molecule has 1 saturated heterocycles. The van der Waals surface area contributed by atoms with Gasteiger partial charge in [0.25, 0.3) is 0 Å². The van der Waals surface area contributed by atoms with Crippen molar-refractivity contribution in [1.82, 2.24) is 9.55 Å². The number of aromatic nitrogens is 2. The van der Waals surface area contributed by atoms with E-state index in [9.17, 15) is 0 Å². The lowest BCUT2D eigenvalue weighted by molar-refractivity contribution is 0.582. The maximum absolute atomic E-state index is 6.04. The molecular formula is C12H15N3S. The van der Waals surface area contributed by atoms with Gasteiger partial charge in [-0.3, -0.25) is 0 Å². The Balaban J connectivity index is 2.25. The first-order valence-electron chi connectivity index (χ1n) is 5.58. The molecule has 3 nitrogen and oxygen atoms in total. The summed E-state index contributed by atoms with van der Waals surface area (Å²) in [4.78, 5) is 4.45. The second-order valence-electron chi connectivity index (χ2n) is 4.30. The molecule has 1 fully saturated rings. The second-order valence-corrected chi connectivity index (χ2v) is 5.45. The highest BCUT2D eigenvalue weighted by Gasteiger charge is 2.22. The van der Waals surface area contributed by atoms with Crippen molar-refractivity contribution in [3.63, 3.8) is 0 Å². The maximum Gasteiger partial charge on any atom is 0.201 e. The van der Waals surface area contributed by atoms with Crippen molar-refractivity contribution in [1.29, 1.82) is 0 Å². The molecule has 16 heavy (non-hydrogen) atoms. The van der Waals surface area contributed by atoms with Gasteiger partial charge in [-0.15, -0.1) is 0 Å². The van der Waals surface area contributed by atoms with E-state index >= 15 is 0 Å². The Labute approximate surface area is 99.0 Å². The van der Waals surface area contributed by atoms with Crippen molar-refractivity contribution < 1.29 is 0 Å². The number of nitrogen functional groups attached to an aromatic ring is 1. The van der Waals surface area contributed by atoms with Crippen LogP contribution in [0.5, 0.6) is 0 Å². The van der Waals surface area contributed by atoms with Gasteiger partial charge in [0.2, 0.25) is 5.95 Å². The first kappa shape index (κ1) is 10.0. The minimum atomic E-state index is 0.524. The van der Waals surface area contributed by atoms with Crippen LogP contribution in [-0.2, 0) is 0 Å². The second kappa shape index (κ2) is 3.70. The van der Waals surface area contributed by atoms with Gasteiger partial charge in [0.1, 0.15) is 0 Å². The van der Waals surface area contributed by atoms with Gasteiger partial charge in [-0.25, -0.2) is 4.98 Å². The molecule has 1 unspecified atom stereocenters. The highest BCUT2D eigenvalue weighted by molar-refractivity contribution is 7.99. The lowest BCUT2D eigenvalue weighted by atomic mass is 10.2. The quantitative estimate of drug-likeness (QED) is 0.823. The topological polar surface area (TPSA) is 43.8 Å². The molecule has 1 aromatic carbocycles. The maximum atomic E-state index is 6.04. The molecule has 2 heterocycles. The Morgan fingerprint density at radius 1 is 1.50 bits per heavy atom. The molecule has 0 bridgehead atoms. The minimum absolute atomic E-state index is 0.524. The first-order chi connectivity index (χ1) is 7.77. The van der Waals surface area contributed by atoms with E-state index in [1.165, 1.54) is 23.3 Å². The largest absolute Gasteiger partial charge is 0.369 e. The number of anilines is 1. The molecule has 0 radical (unpaired) electrons. The average molecular weight is 233 g/mol. The van der Waals surface area contributed by atoms with Gasteiger partial charge in [-0.05, 0) is 30.7 Å². The lowest BCUT2D eigenvalue weighted by Crippen LogP contribution is -2.11. The van der Waals surface area contributed by atoms with Crippen molar-refractivity contribution in [3.8, 4) is 0 Å². The standard InChI is InChI=1S/C12H15N3S/c1-8-3-2-4-10-11(8)15(12(13)14-10)9-5-6-16-7-9/h2-4,9H,5-7H2,1H3,(H2,13,14). The summed E-state index contributed by atoms with van der Waals surface area (Å²) < 4.78 is 2.23. The van der Waals surface area contributed by atoms with Gasteiger partial charge < -0.3 is 10.3 Å². The first-order valence-corrected chi connectivity index (χ1v) is 6.73. The monoisotopic (exact) mass is 233 g/mol. The highest BCUT2D eigenvalue weighted by atomic mass is 32.2. The van der Waals surface area contributed by atoms with E-state index in [0.29, 0.717) is 12.0 Å². The zero-order chi connectivity index (χ0) is 11.1. The molecule has 84 valence electrons. The number of hydrogen-bond acceptors (Lipinski definition) is 3. The molecule has 4 heteroatoms. The molecule has 1 aromatic heterocycles. The summed E-state index contributed by atoms with van der Waals surface area (Å²) in [7, 11) is 0. The van der Waals surface area contributed by atoms with Gasteiger partial charge in [0.05, 0.1) is 11.0 Å². The van der Waals surface area contributed by atoms with E-state index in [-0.39, 0.29) is 0 Å². The van der Waals surface area contributed by atoms with Gasteiger partial charge in [0, 0.05) is 11.8 Å². The number of nitrogens with two attached hydrogens (primary N) is 1. The smallest absolute Gasteiger partial charge is 0.201 e. The van der Waals surface area contributed by atoms with Crippen LogP contribution in [0.3, 0.4) is 0 Å². The predicted octanol–water partition coefficient (Wildman–Crippen LogP) is 2.60. The van der Waals surface area contributed by atoms with Crippen molar-refractivity contribution in [2.24, 2.45) is 0 Å². The lowest BCUT2D eigenvalue weighted by Gasteiger charge is -2.14. The number of thioether (sulfide) groups is 1. The third-order valence-electron chi connectivity index (χ3n) is 3.21. The number of fused-ring (bicyclic) bond motifs is 1. The Hall–Kier alpha value is -1.16. The van der Waals surface area contributed by atoms with Crippen molar-refractivity contribution in [2.45, 2.75) is 19.4 Å². The molecule has 0 saturated carbocycles. The van der Waals surface area contributed by atoms with Crippen molar-refractivity contribution >= 4 is 28.7 Å². The van der Waals surface area contributed by atoms with E-state index in [4.69, 9.17) is 5.73 Å². The summed E-state index contributed by atoms with van der Waals surface area (Å²) in [5, 5.41) is 0. The van der Waals surface area contributed by atoms with E-state index in [0.717, 1.165) is 11.3 Å². The van der Waals surface area contributed by atoms with Gasteiger partial charge in [0.15, 0.2) is 0 Å². The number of imidazole rings is 1. The number of aryl methyl sites for hydroxylation is 1. The van der Waals surface area contributed by atoms with Crippen LogP contribution in [0.1, 0.15) is 18.0 Å². The molecule has 0 aliphatic carbocycles. The molecule has 1 aliphatic heterocycles. The van der Waals surface area contributed by atoms with Gasteiger partial charge in [-0.1, -0.05) is 12.1 Å². The molecule has 2 N–H and O–H groups in total. The van der Waals surface area contributed by atoms with Crippen LogP contribution in [-0.4, -0.2) is 21.1 Å². The number of hydrogen-bond donors (Lipinski definition) is 1. The van der Waals surface area contributed by atoms with Crippen LogP contribution in [0.2, 0.25) is 0 Å². The third kappa shape index (κ3) is 1.40. The summed E-state index contributed by atoms with van der Waals surface area (Å²) in [6.45, 7) is 2.13. The average Bonchev–Trinajstić information content (AvgIpc) is 2.84. The van der Waals surface area contributed by atoms with Gasteiger partial charge >= 0.3 is 0 Å². The van der Waals surface area contributed by atoms with Crippen LogP contribution in [0, 0.1) is 6.92 Å². The molecule has 2 aromatic rings. The van der Waals surface area contributed by atoms with E-state index in [1.807, 2.05) is 23.9 Å². The summed E-state index contributed by atoms with van der Waals surface area (Å²) >= 11 is 2.00.